The summed E-state index contributed by atoms with van der Waals surface area (Å²) in [5.41, 5.74) is 0. The molecule has 2 amide bonds. The highest BCUT2D eigenvalue weighted by Gasteiger charge is 2.16. The molecular weight excluding hydrogens is 318 g/mol. The number of aryl methyl sites for hydroxylation is 1. The Labute approximate surface area is 140 Å². The van der Waals surface area contributed by atoms with E-state index in [4.69, 9.17) is 9.15 Å². The second kappa shape index (κ2) is 9.11. The Balaban J connectivity index is 2.34. The van der Waals surface area contributed by atoms with Crippen molar-refractivity contribution in [3.8, 4) is 0 Å². The number of ether oxygens (including phenoxy) is 1. The van der Waals surface area contributed by atoms with Gasteiger partial charge in [-0.25, -0.2) is 9.59 Å². The van der Waals surface area contributed by atoms with Crippen molar-refractivity contribution in [1.29, 1.82) is 0 Å². The predicted octanol–water partition coefficient (Wildman–Crippen LogP) is 0.520. The van der Waals surface area contributed by atoms with Gasteiger partial charge in [0.15, 0.2) is 18.1 Å². The lowest BCUT2D eigenvalue weighted by Gasteiger charge is -2.21. The summed E-state index contributed by atoms with van der Waals surface area (Å²) in [7, 11) is 7.14. The molecule has 0 spiro atoms. The van der Waals surface area contributed by atoms with E-state index in [2.05, 4.69) is 4.42 Å². The van der Waals surface area contributed by atoms with Gasteiger partial charge in [-0.05, 0) is 21.0 Å². The summed E-state index contributed by atoms with van der Waals surface area (Å²) in [6, 6.07) is 0. The van der Waals surface area contributed by atoms with E-state index in [-0.39, 0.29) is 37.0 Å². The highest BCUT2D eigenvalue weighted by atomic mass is 16.6. The van der Waals surface area contributed by atoms with Crippen LogP contribution in [0.1, 0.15) is 17.9 Å². The molecule has 0 saturated carbocycles. The van der Waals surface area contributed by atoms with Gasteiger partial charge in [-0.1, -0.05) is 0 Å². The molecule has 24 heavy (non-hydrogen) atoms. The van der Waals surface area contributed by atoms with E-state index in [1.54, 1.807) is 18.9 Å². The van der Waals surface area contributed by atoms with E-state index in [1.807, 2.05) is 19.0 Å². The smallest absolute Gasteiger partial charge is 0.441 e. The second-order valence-electron chi connectivity index (χ2n) is 5.78. The lowest BCUT2D eigenvalue weighted by Crippen LogP contribution is -2.36. The number of amides is 2. The molecule has 0 N–H and O–H groups in total. The van der Waals surface area contributed by atoms with E-state index >= 15 is 0 Å². The van der Waals surface area contributed by atoms with Crippen LogP contribution in [-0.2, 0) is 16.1 Å². The fraction of sp³-hybridized carbons (Fsp3) is 0.667. The second-order valence-corrected chi connectivity index (χ2v) is 5.78. The first-order valence-corrected chi connectivity index (χ1v) is 7.56. The Bertz CT molecular complexity index is 607. The van der Waals surface area contributed by atoms with Crippen LogP contribution in [-0.4, -0.2) is 74.5 Å². The van der Waals surface area contributed by atoms with Crippen LogP contribution in [0.2, 0.25) is 0 Å². The largest absolute Gasteiger partial charge is 0.519 e. The Morgan fingerprint density at radius 2 is 1.67 bits per heavy atom. The number of rotatable bonds is 8. The van der Waals surface area contributed by atoms with Crippen molar-refractivity contribution >= 4 is 12.0 Å². The minimum Gasteiger partial charge on any atom is -0.441 e. The zero-order valence-electron chi connectivity index (χ0n) is 14.8. The summed E-state index contributed by atoms with van der Waals surface area (Å²) < 4.78 is 14.4. The number of carbonyl (C=O) groups is 2. The van der Waals surface area contributed by atoms with Crippen molar-refractivity contribution in [1.82, 2.24) is 14.7 Å². The fourth-order valence-corrected chi connectivity index (χ4v) is 1.76. The molecular formula is C15H25N3O6. The predicted molar refractivity (Wildman–Crippen MR) is 85.6 cm³/mol. The molecule has 0 saturated heterocycles. The Morgan fingerprint density at radius 3 is 2.21 bits per heavy atom. The molecule has 0 aliphatic heterocycles. The van der Waals surface area contributed by atoms with Gasteiger partial charge in [0.1, 0.15) is 0 Å². The molecule has 0 aliphatic carbocycles. The van der Waals surface area contributed by atoms with Crippen LogP contribution in [0.3, 0.4) is 0 Å². The van der Waals surface area contributed by atoms with Crippen molar-refractivity contribution in [2.45, 2.75) is 20.0 Å². The van der Waals surface area contributed by atoms with Crippen LogP contribution in [0.15, 0.2) is 13.6 Å². The molecule has 1 rings (SSSR count). The van der Waals surface area contributed by atoms with Crippen molar-refractivity contribution < 1.29 is 23.2 Å². The maximum Gasteiger partial charge on any atom is 0.519 e. The number of nitrogens with zero attached hydrogens (tertiary/aromatic N) is 3. The van der Waals surface area contributed by atoms with E-state index in [0.29, 0.717) is 6.54 Å². The third-order valence-corrected chi connectivity index (χ3v) is 3.44. The topological polar surface area (TPSA) is 96.4 Å². The minimum absolute atomic E-state index is 0.0480. The fourth-order valence-electron chi connectivity index (χ4n) is 1.76. The summed E-state index contributed by atoms with van der Waals surface area (Å²) in [5, 5.41) is 0. The molecule has 136 valence electrons. The van der Waals surface area contributed by atoms with Crippen molar-refractivity contribution in [2.75, 3.05) is 47.8 Å². The summed E-state index contributed by atoms with van der Waals surface area (Å²) in [6.07, 6.45) is -0.406. The van der Waals surface area contributed by atoms with E-state index in [1.165, 1.54) is 11.9 Å². The quantitative estimate of drug-likeness (QED) is 0.679. The van der Waals surface area contributed by atoms with Gasteiger partial charge in [-0.15, -0.1) is 0 Å². The SMILES string of the molecule is Cc1oc(=O)oc1COC(=O)N(C)CCC(=O)N(C)CCN(C)C. The summed E-state index contributed by atoms with van der Waals surface area (Å²) in [5.74, 6) is -0.444. The average molecular weight is 343 g/mol. The molecule has 1 heterocycles. The zero-order valence-corrected chi connectivity index (χ0v) is 14.8. The van der Waals surface area contributed by atoms with Gasteiger partial charge in [-0.3, -0.25) is 4.79 Å². The van der Waals surface area contributed by atoms with Crippen LogP contribution < -0.4 is 5.82 Å². The number of carbonyl (C=O) groups excluding carboxylic acids is 2. The number of hydrogen-bond donors (Lipinski definition) is 0. The van der Waals surface area contributed by atoms with Crippen LogP contribution in [0, 0.1) is 6.92 Å². The lowest BCUT2D eigenvalue weighted by molar-refractivity contribution is -0.130. The summed E-state index contributed by atoms with van der Waals surface area (Å²) >= 11 is 0. The molecule has 0 bridgehead atoms. The zero-order chi connectivity index (χ0) is 18.3. The van der Waals surface area contributed by atoms with Crippen molar-refractivity contribution in [3.63, 3.8) is 0 Å². The molecule has 9 nitrogen and oxygen atoms in total. The summed E-state index contributed by atoms with van der Waals surface area (Å²) in [4.78, 5) is 39.6. The maximum atomic E-state index is 12.0. The van der Waals surface area contributed by atoms with Crippen LogP contribution >= 0.6 is 0 Å². The normalized spacial score (nSPS) is 10.8. The van der Waals surface area contributed by atoms with Gasteiger partial charge in [0.25, 0.3) is 0 Å². The first-order valence-electron chi connectivity index (χ1n) is 7.56. The monoisotopic (exact) mass is 343 g/mol. The Kier molecular flexibility index (Phi) is 7.50. The van der Waals surface area contributed by atoms with Gasteiger partial charge in [-0.2, -0.15) is 0 Å². The molecule has 1 aromatic heterocycles. The van der Waals surface area contributed by atoms with Crippen LogP contribution in [0.25, 0.3) is 0 Å². The molecule has 0 unspecified atom stereocenters. The standard InChI is InChI=1S/C15H25N3O6/c1-11-12(24-15(21)23-11)10-22-14(20)18(5)7-6-13(19)17(4)9-8-16(2)3/h6-10H2,1-5H3. The lowest BCUT2D eigenvalue weighted by atomic mass is 10.3. The maximum absolute atomic E-state index is 12.0. The van der Waals surface area contributed by atoms with Crippen LogP contribution in [0.5, 0.6) is 0 Å². The Morgan fingerprint density at radius 1 is 1.00 bits per heavy atom. The van der Waals surface area contributed by atoms with E-state index < -0.39 is 11.9 Å². The minimum atomic E-state index is -0.835. The molecule has 0 radical (unpaired) electrons. The van der Waals surface area contributed by atoms with Crippen molar-refractivity contribution in [3.05, 3.63) is 22.1 Å². The highest BCUT2D eigenvalue weighted by Crippen LogP contribution is 2.07. The van der Waals surface area contributed by atoms with E-state index in [9.17, 15) is 14.4 Å². The van der Waals surface area contributed by atoms with Crippen molar-refractivity contribution in [2.24, 2.45) is 0 Å². The van der Waals surface area contributed by atoms with E-state index in [0.717, 1.165) is 6.54 Å². The average Bonchev–Trinajstić information content (AvgIpc) is 2.84. The third-order valence-electron chi connectivity index (χ3n) is 3.44. The molecule has 9 heteroatoms. The first-order chi connectivity index (χ1) is 11.2. The Hall–Kier alpha value is -2.29. The molecule has 0 fully saturated rings. The summed E-state index contributed by atoms with van der Waals surface area (Å²) in [6.45, 7) is 2.98. The van der Waals surface area contributed by atoms with Gasteiger partial charge in [0, 0.05) is 40.2 Å². The molecule has 0 atom stereocenters. The first kappa shape index (κ1) is 19.8. The van der Waals surface area contributed by atoms with Gasteiger partial charge in [0.05, 0.1) is 0 Å². The van der Waals surface area contributed by atoms with Gasteiger partial charge in [0.2, 0.25) is 5.91 Å². The number of likely N-dealkylation sites (N-methyl/N-ethyl adjacent to an activating group) is 2. The number of hydrogen-bond acceptors (Lipinski definition) is 7. The third kappa shape index (κ3) is 6.45. The molecule has 1 aromatic rings. The van der Waals surface area contributed by atoms with Crippen LogP contribution in [0.4, 0.5) is 4.79 Å². The van der Waals surface area contributed by atoms with Gasteiger partial charge < -0.3 is 28.3 Å². The molecule has 0 aliphatic rings. The van der Waals surface area contributed by atoms with Gasteiger partial charge >= 0.3 is 11.9 Å². The highest BCUT2D eigenvalue weighted by molar-refractivity contribution is 5.77. The molecule has 0 aromatic carbocycles.